The zero-order chi connectivity index (χ0) is 21.6. The van der Waals surface area contributed by atoms with Crippen molar-refractivity contribution in [2.24, 2.45) is 0 Å². The quantitative estimate of drug-likeness (QED) is 0.561. The van der Waals surface area contributed by atoms with Gasteiger partial charge in [-0.1, -0.05) is 37.6 Å². The Kier molecular flexibility index (Phi) is 5.32. The van der Waals surface area contributed by atoms with Gasteiger partial charge in [0.15, 0.2) is 15.5 Å². The summed E-state index contributed by atoms with van der Waals surface area (Å²) in [6.07, 6.45) is 0.459. The van der Waals surface area contributed by atoms with Crippen molar-refractivity contribution in [2.45, 2.75) is 32.2 Å². The predicted octanol–water partition coefficient (Wildman–Crippen LogP) is 4.02. The van der Waals surface area contributed by atoms with Gasteiger partial charge in [-0.25, -0.2) is 22.9 Å². The summed E-state index contributed by atoms with van der Waals surface area (Å²) in [5, 5.41) is 5.89. The van der Waals surface area contributed by atoms with Crippen LogP contribution in [-0.2, 0) is 14.6 Å². The first-order valence-corrected chi connectivity index (χ1v) is 11.9. The van der Waals surface area contributed by atoms with Crippen molar-refractivity contribution < 1.29 is 17.9 Å². The fourth-order valence-electron chi connectivity index (χ4n) is 3.75. The van der Waals surface area contributed by atoms with E-state index < -0.39 is 15.8 Å². The Morgan fingerprint density at radius 3 is 2.53 bits per heavy atom. The van der Waals surface area contributed by atoms with Crippen molar-refractivity contribution in [3.05, 3.63) is 46.6 Å². The number of carbonyl (C=O) groups excluding carboxylic acids is 1. The predicted molar refractivity (Wildman–Crippen MR) is 116 cm³/mol. The Labute approximate surface area is 179 Å². The third-order valence-electron chi connectivity index (χ3n) is 5.35. The second kappa shape index (κ2) is 7.67. The highest BCUT2D eigenvalue weighted by Crippen LogP contribution is 2.36. The molecule has 0 unspecified atom stereocenters. The maximum Gasteiger partial charge on any atom is 0.338 e. The molecule has 3 aromatic rings. The van der Waals surface area contributed by atoms with Crippen LogP contribution in [0.15, 0.2) is 30.3 Å². The number of pyridine rings is 1. The van der Waals surface area contributed by atoms with Crippen LogP contribution in [0.4, 0.5) is 0 Å². The van der Waals surface area contributed by atoms with Crippen LogP contribution in [0.3, 0.4) is 0 Å². The van der Waals surface area contributed by atoms with Crippen LogP contribution in [0, 0.1) is 0 Å². The molecular formula is C21H22ClN3O4S. The number of halogens is 1. The van der Waals surface area contributed by atoms with Gasteiger partial charge in [0.1, 0.15) is 5.69 Å². The molecule has 0 amide bonds. The number of methoxy groups -OCH3 is 1. The molecule has 1 aromatic carbocycles. The van der Waals surface area contributed by atoms with E-state index in [1.807, 2.05) is 26.0 Å². The van der Waals surface area contributed by atoms with E-state index in [1.54, 1.807) is 22.9 Å². The fraction of sp³-hybridized carbons (Fsp3) is 0.381. The van der Waals surface area contributed by atoms with Crippen LogP contribution in [0.5, 0.6) is 0 Å². The van der Waals surface area contributed by atoms with Gasteiger partial charge < -0.3 is 4.74 Å². The number of carbonyl (C=O) groups is 1. The molecule has 1 aliphatic rings. The smallest absolute Gasteiger partial charge is 0.338 e. The van der Waals surface area contributed by atoms with Crippen molar-refractivity contribution in [1.82, 2.24) is 14.8 Å². The average Bonchev–Trinajstić information content (AvgIpc) is 3.27. The fourth-order valence-corrected chi connectivity index (χ4v) is 5.57. The zero-order valence-corrected chi connectivity index (χ0v) is 18.5. The van der Waals surface area contributed by atoms with Crippen LogP contribution in [0.2, 0.25) is 5.02 Å². The van der Waals surface area contributed by atoms with E-state index in [1.165, 1.54) is 7.11 Å². The number of nitrogens with zero attached hydrogens (tertiary/aromatic N) is 3. The summed E-state index contributed by atoms with van der Waals surface area (Å²) in [4.78, 5) is 17.4. The highest BCUT2D eigenvalue weighted by Gasteiger charge is 2.33. The Bertz CT molecular complexity index is 1230. The highest BCUT2D eigenvalue weighted by atomic mass is 35.5. The first kappa shape index (κ1) is 20.8. The Morgan fingerprint density at radius 2 is 1.97 bits per heavy atom. The Balaban J connectivity index is 2.05. The van der Waals surface area contributed by atoms with Gasteiger partial charge in [-0.3, -0.25) is 0 Å². The largest absolute Gasteiger partial charge is 0.465 e. The topological polar surface area (TPSA) is 91.2 Å². The molecule has 0 saturated carbocycles. The molecule has 0 aliphatic carbocycles. The summed E-state index contributed by atoms with van der Waals surface area (Å²) < 4.78 is 30.9. The number of hydrogen-bond donors (Lipinski definition) is 0. The third-order valence-corrected chi connectivity index (χ3v) is 7.35. The standard InChI is InChI=1S/C21H22ClN3O4S/c1-12(2)17-10-16(21(26)29-3)18-19(13-4-6-14(22)7-5-13)24-25(20(18)23-17)15-8-9-30(27,28)11-15/h4-7,10,12,15H,8-9,11H2,1-3H3/t15-/m1/s1. The number of aromatic nitrogens is 3. The van der Waals surface area contributed by atoms with Crippen LogP contribution in [0.25, 0.3) is 22.3 Å². The van der Waals surface area contributed by atoms with Gasteiger partial charge in [-0.15, -0.1) is 0 Å². The Hall–Kier alpha value is -2.45. The zero-order valence-electron chi connectivity index (χ0n) is 16.9. The summed E-state index contributed by atoms with van der Waals surface area (Å²) in [7, 11) is -1.80. The number of fused-ring (bicyclic) bond motifs is 1. The lowest BCUT2D eigenvalue weighted by atomic mass is 10.0. The highest BCUT2D eigenvalue weighted by molar-refractivity contribution is 7.91. The molecule has 1 fully saturated rings. The molecule has 1 atom stereocenters. The minimum atomic E-state index is -3.13. The number of benzene rings is 1. The van der Waals surface area contributed by atoms with E-state index in [4.69, 9.17) is 26.4 Å². The molecule has 3 heterocycles. The van der Waals surface area contributed by atoms with E-state index in [2.05, 4.69) is 0 Å². The number of ether oxygens (including phenoxy) is 1. The van der Waals surface area contributed by atoms with Crippen LogP contribution in [0.1, 0.15) is 48.3 Å². The van der Waals surface area contributed by atoms with Gasteiger partial charge >= 0.3 is 5.97 Å². The molecule has 158 valence electrons. The summed E-state index contributed by atoms with van der Waals surface area (Å²) >= 11 is 6.04. The second-order valence-corrected chi connectivity index (χ2v) is 10.5. The number of esters is 1. The molecule has 1 aliphatic heterocycles. The summed E-state index contributed by atoms with van der Waals surface area (Å²) in [5.74, 6) is -0.306. The van der Waals surface area contributed by atoms with Gasteiger partial charge in [0.2, 0.25) is 0 Å². The molecule has 30 heavy (non-hydrogen) atoms. The number of hydrogen-bond acceptors (Lipinski definition) is 6. The molecule has 4 rings (SSSR count). The van der Waals surface area contributed by atoms with Crippen molar-refractivity contribution in [3.63, 3.8) is 0 Å². The number of sulfone groups is 1. The monoisotopic (exact) mass is 447 g/mol. The van der Waals surface area contributed by atoms with Crippen molar-refractivity contribution in [2.75, 3.05) is 18.6 Å². The number of rotatable bonds is 4. The summed E-state index contributed by atoms with van der Waals surface area (Å²) in [6, 6.07) is 8.52. The Morgan fingerprint density at radius 1 is 1.27 bits per heavy atom. The molecule has 0 spiro atoms. The molecule has 0 radical (unpaired) electrons. The van der Waals surface area contributed by atoms with Crippen LogP contribution >= 0.6 is 11.6 Å². The van der Waals surface area contributed by atoms with Gasteiger partial charge in [0.25, 0.3) is 0 Å². The van der Waals surface area contributed by atoms with E-state index in [-0.39, 0.29) is 23.5 Å². The summed E-state index contributed by atoms with van der Waals surface area (Å²) in [6.45, 7) is 3.96. The SMILES string of the molecule is COC(=O)c1cc(C(C)C)nc2c1c(-c1ccc(Cl)cc1)nn2[C@@H]1CCS(=O)(=O)C1. The first-order chi connectivity index (χ1) is 14.2. The van der Waals surface area contributed by atoms with E-state index in [9.17, 15) is 13.2 Å². The van der Waals surface area contributed by atoms with Crippen molar-refractivity contribution in [1.29, 1.82) is 0 Å². The lowest BCUT2D eigenvalue weighted by molar-refractivity contribution is 0.0602. The van der Waals surface area contributed by atoms with Crippen molar-refractivity contribution >= 4 is 38.4 Å². The minimum Gasteiger partial charge on any atom is -0.465 e. The first-order valence-electron chi connectivity index (χ1n) is 9.68. The molecule has 7 nitrogen and oxygen atoms in total. The van der Waals surface area contributed by atoms with E-state index in [0.717, 1.165) is 5.56 Å². The van der Waals surface area contributed by atoms with Crippen LogP contribution < -0.4 is 0 Å². The molecular weight excluding hydrogens is 426 g/mol. The van der Waals surface area contributed by atoms with Gasteiger partial charge in [-0.2, -0.15) is 5.10 Å². The van der Waals surface area contributed by atoms with Gasteiger partial charge in [0, 0.05) is 16.3 Å². The maximum atomic E-state index is 12.7. The van der Waals surface area contributed by atoms with Gasteiger partial charge in [0.05, 0.1) is 35.6 Å². The molecule has 9 heteroatoms. The van der Waals surface area contributed by atoms with Gasteiger partial charge in [-0.05, 0) is 30.5 Å². The normalized spacial score (nSPS) is 18.2. The lowest BCUT2D eigenvalue weighted by Crippen LogP contribution is -2.14. The molecule has 0 N–H and O–H groups in total. The maximum absolute atomic E-state index is 12.7. The van der Waals surface area contributed by atoms with E-state index >= 15 is 0 Å². The molecule has 0 bridgehead atoms. The third kappa shape index (κ3) is 3.70. The van der Waals surface area contributed by atoms with Crippen molar-refractivity contribution in [3.8, 4) is 11.3 Å². The second-order valence-electron chi connectivity index (χ2n) is 7.80. The van der Waals surface area contributed by atoms with E-state index in [0.29, 0.717) is 39.4 Å². The molecule has 1 saturated heterocycles. The molecule has 2 aromatic heterocycles. The lowest BCUT2D eigenvalue weighted by Gasteiger charge is -2.12. The summed E-state index contributed by atoms with van der Waals surface area (Å²) in [5.41, 5.74) is 2.88. The minimum absolute atomic E-state index is 0.00494. The van der Waals surface area contributed by atoms with Crippen LogP contribution in [-0.4, -0.2) is 47.8 Å². The average molecular weight is 448 g/mol.